The molecule has 1 aromatic rings. The van der Waals surface area contributed by atoms with Crippen LogP contribution in [0.4, 0.5) is 0 Å². The van der Waals surface area contributed by atoms with Crippen molar-refractivity contribution in [3.8, 4) is 0 Å². The number of benzene rings is 1. The normalized spacial score (nSPS) is 20.4. The molecule has 1 saturated heterocycles. The third-order valence-corrected chi connectivity index (χ3v) is 5.56. The zero-order valence-electron chi connectivity index (χ0n) is 13.1. The van der Waals surface area contributed by atoms with Gasteiger partial charge in [-0.3, -0.25) is 0 Å². The van der Waals surface area contributed by atoms with E-state index in [1.54, 1.807) is 11.8 Å². The van der Waals surface area contributed by atoms with Crippen LogP contribution in [0.2, 0.25) is 0 Å². The van der Waals surface area contributed by atoms with Gasteiger partial charge in [-0.05, 0) is 57.3 Å². The fourth-order valence-corrected chi connectivity index (χ4v) is 3.47. The highest BCUT2D eigenvalue weighted by atomic mass is 32.2. The van der Waals surface area contributed by atoms with Gasteiger partial charge in [-0.2, -0.15) is 11.8 Å². The molecule has 0 spiro atoms. The van der Waals surface area contributed by atoms with Gasteiger partial charge in [-0.1, -0.05) is 12.1 Å². The van der Waals surface area contributed by atoms with Crippen LogP contribution in [0.1, 0.15) is 33.3 Å². The molecule has 0 N–H and O–H groups in total. The molecule has 1 aromatic carbocycles. The standard InChI is InChI=1S/C15H23BO2S2/c1-14(2)15(3,4)18-16(17-14)12-8-7-11(10-19-5)13(9-12)20-6/h7-9H,10H2,1-6H3. The second kappa shape index (κ2) is 5.95. The molecule has 0 saturated carbocycles. The van der Waals surface area contributed by atoms with Crippen molar-refractivity contribution in [2.75, 3.05) is 12.5 Å². The maximum absolute atomic E-state index is 6.11. The van der Waals surface area contributed by atoms with Crippen LogP contribution >= 0.6 is 23.5 Å². The predicted octanol–water partition coefficient (Wildman–Crippen LogP) is 3.57. The third-order valence-electron chi connectivity index (χ3n) is 4.14. The maximum Gasteiger partial charge on any atom is 0.494 e. The summed E-state index contributed by atoms with van der Waals surface area (Å²) in [6, 6.07) is 6.54. The van der Waals surface area contributed by atoms with E-state index in [4.69, 9.17) is 9.31 Å². The molecule has 0 aromatic heterocycles. The van der Waals surface area contributed by atoms with E-state index in [1.165, 1.54) is 10.5 Å². The average molecular weight is 310 g/mol. The van der Waals surface area contributed by atoms with Gasteiger partial charge < -0.3 is 9.31 Å². The van der Waals surface area contributed by atoms with Gasteiger partial charge in [0.15, 0.2) is 0 Å². The molecule has 1 fully saturated rings. The van der Waals surface area contributed by atoms with Crippen molar-refractivity contribution in [1.29, 1.82) is 0 Å². The lowest BCUT2D eigenvalue weighted by molar-refractivity contribution is 0.00578. The largest absolute Gasteiger partial charge is 0.494 e. The van der Waals surface area contributed by atoms with Crippen LogP contribution in [0.25, 0.3) is 0 Å². The van der Waals surface area contributed by atoms with E-state index in [2.05, 4.69) is 58.4 Å². The number of hydrogen-bond donors (Lipinski definition) is 0. The first kappa shape index (κ1) is 16.3. The molecule has 1 heterocycles. The third kappa shape index (κ3) is 3.06. The van der Waals surface area contributed by atoms with Crippen LogP contribution in [-0.4, -0.2) is 30.8 Å². The van der Waals surface area contributed by atoms with Gasteiger partial charge in [-0.25, -0.2) is 0 Å². The molecule has 0 unspecified atom stereocenters. The summed E-state index contributed by atoms with van der Waals surface area (Å²) in [5, 5.41) is 0. The summed E-state index contributed by atoms with van der Waals surface area (Å²) in [5.74, 6) is 1.04. The molecule has 2 rings (SSSR count). The number of thioether (sulfide) groups is 2. The van der Waals surface area contributed by atoms with E-state index in [-0.39, 0.29) is 18.3 Å². The van der Waals surface area contributed by atoms with Gasteiger partial charge in [0.05, 0.1) is 11.2 Å². The Balaban J connectivity index is 2.27. The SMILES string of the molecule is CSCc1ccc(B2OC(C)(C)C(C)(C)O2)cc1SC. The Morgan fingerprint density at radius 2 is 1.65 bits per heavy atom. The van der Waals surface area contributed by atoms with E-state index in [0.717, 1.165) is 11.2 Å². The number of rotatable bonds is 4. The molecule has 2 nitrogen and oxygen atoms in total. The summed E-state index contributed by atoms with van der Waals surface area (Å²) in [6.45, 7) is 8.35. The predicted molar refractivity (Wildman–Crippen MR) is 91.2 cm³/mol. The second-order valence-corrected chi connectivity index (χ2v) is 7.81. The minimum Gasteiger partial charge on any atom is -0.399 e. The summed E-state index contributed by atoms with van der Waals surface area (Å²) in [7, 11) is -0.269. The average Bonchev–Trinajstić information content (AvgIpc) is 2.59. The molecule has 1 aliphatic heterocycles. The van der Waals surface area contributed by atoms with Crippen LogP contribution < -0.4 is 5.46 Å². The van der Waals surface area contributed by atoms with Gasteiger partial charge in [-0.15, -0.1) is 11.8 Å². The summed E-state index contributed by atoms with van der Waals surface area (Å²) >= 11 is 3.63. The smallest absolute Gasteiger partial charge is 0.399 e. The van der Waals surface area contributed by atoms with Crippen LogP contribution in [0, 0.1) is 0 Å². The summed E-state index contributed by atoms with van der Waals surface area (Å²) in [4.78, 5) is 1.31. The number of hydrogen-bond acceptors (Lipinski definition) is 4. The van der Waals surface area contributed by atoms with Crippen molar-refractivity contribution < 1.29 is 9.31 Å². The lowest BCUT2D eigenvalue weighted by atomic mass is 9.79. The lowest BCUT2D eigenvalue weighted by Gasteiger charge is -2.32. The molecular weight excluding hydrogens is 287 g/mol. The van der Waals surface area contributed by atoms with Crippen LogP contribution in [0.3, 0.4) is 0 Å². The Morgan fingerprint density at radius 3 is 2.15 bits per heavy atom. The maximum atomic E-state index is 6.11. The van der Waals surface area contributed by atoms with Gasteiger partial charge in [0, 0.05) is 10.6 Å². The van der Waals surface area contributed by atoms with Crippen LogP contribution in [-0.2, 0) is 15.1 Å². The summed E-state index contributed by atoms with van der Waals surface area (Å²) in [6.07, 6.45) is 4.25. The molecule has 20 heavy (non-hydrogen) atoms. The van der Waals surface area contributed by atoms with E-state index in [1.807, 2.05) is 11.8 Å². The minimum atomic E-state index is -0.283. The minimum absolute atomic E-state index is 0.269. The molecular formula is C15H23BO2S2. The van der Waals surface area contributed by atoms with Crippen molar-refractivity contribution in [1.82, 2.24) is 0 Å². The van der Waals surface area contributed by atoms with E-state index in [9.17, 15) is 0 Å². The molecule has 0 radical (unpaired) electrons. The first-order valence-electron chi connectivity index (χ1n) is 6.82. The Labute approximate surface area is 131 Å². The highest BCUT2D eigenvalue weighted by Gasteiger charge is 2.51. The highest BCUT2D eigenvalue weighted by molar-refractivity contribution is 7.99. The Hall–Kier alpha value is -0.0951. The van der Waals surface area contributed by atoms with Crippen LogP contribution in [0.15, 0.2) is 23.1 Å². The first-order chi connectivity index (χ1) is 9.30. The monoisotopic (exact) mass is 310 g/mol. The molecule has 0 amide bonds. The van der Waals surface area contributed by atoms with Crippen molar-refractivity contribution >= 4 is 36.1 Å². The van der Waals surface area contributed by atoms with Gasteiger partial charge in [0.1, 0.15) is 0 Å². The Kier molecular flexibility index (Phi) is 4.85. The highest BCUT2D eigenvalue weighted by Crippen LogP contribution is 2.36. The quantitative estimate of drug-likeness (QED) is 0.625. The van der Waals surface area contributed by atoms with Crippen molar-refractivity contribution in [3.63, 3.8) is 0 Å². The second-order valence-electron chi connectivity index (χ2n) is 6.09. The fraction of sp³-hybridized carbons (Fsp3) is 0.600. The zero-order valence-corrected chi connectivity index (χ0v) is 14.8. The topological polar surface area (TPSA) is 18.5 Å². The Morgan fingerprint density at radius 1 is 1.05 bits per heavy atom. The van der Waals surface area contributed by atoms with E-state index >= 15 is 0 Å². The van der Waals surface area contributed by atoms with Gasteiger partial charge in [0.25, 0.3) is 0 Å². The molecule has 110 valence electrons. The van der Waals surface area contributed by atoms with Gasteiger partial charge >= 0.3 is 7.12 Å². The molecule has 1 aliphatic rings. The molecule has 0 aliphatic carbocycles. The molecule has 5 heteroatoms. The van der Waals surface area contributed by atoms with Crippen molar-refractivity contribution in [3.05, 3.63) is 23.8 Å². The molecule has 0 atom stereocenters. The Bertz CT molecular complexity index is 473. The first-order valence-corrected chi connectivity index (χ1v) is 9.44. The van der Waals surface area contributed by atoms with Crippen molar-refractivity contribution in [2.45, 2.75) is 49.5 Å². The van der Waals surface area contributed by atoms with Crippen LogP contribution in [0.5, 0.6) is 0 Å². The zero-order chi connectivity index (χ0) is 15.0. The van der Waals surface area contributed by atoms with Gasteiger partial charge in [0.2, 0.25) is 0 Å². The summed E-state index contributed by atoms with van der Waals surface area (Å²) in [5.41, 5.74) is 1.92. The lowest BCUT2D eigenvalue weighted by Crippen LogP contribution is -2.41. The van der Waals surface area contributed by atoms with Crippen molar-refractivity contribution in [2.24, 2.45) is 0 Å². The summed E-state index contributed by atoms with van der Waals surface area (Å²) < 4.78 is 12.2. The molecule has 0 bridgehead atoms. The van der Waals surface area contributed by atoms with E-state index < -0.39 is 0 Å². The fourth-order valence-electron chi connectivity index (χ4n) is 2.16. The van der Waals surface area contributed by atoms with E-state index in [0.29, 0.717) is 0 Å².